The fourth-order valence-electron chi connectivity index (χ4n) is 2.71. The third kappa shape index (κ3) is 5.71. The number of para-hydroxylation sites is 2. The lowest BCUT2D eigenvalue weighted by molar-refractivity contribution is -0.119. The molecule has 0 bridgehead atoms. The second-order valence-corrected chi connectivity index (χ2v) is 8.82. The van der Waals surface area contributed by atoms with E-state index >= 15 is 0 Å². The minimum absolute atomic E-state index is 0.0323. The van der Waals surface area contributed by atoms with Gasteiger partial charge in [0.25, 0.3) is 0 Å². The molecule has 152 valence electrons. The van der Waals surface area contributed by atoms with Gasteiger partial charge in [-0.05, 0) is 49.6 Å². The molecule has 0 saturated carbocycles. The van der Waals surface area contributed by atoms with Gasteiger partial charge in [-0.2, -0.15) is 0 Å². The highest BCUT2D eigenvalue weighted by atomic mass is 32.2. The number of ether oxygens (including phenoxy) is 1. The number of aryl methyl sites for hydroxylation is 2. The van der Waals surface area contributed by atoms with Crippen LogP contribution in [0.4, 0.5) is 10.8 Å². The van der Waals surface area contributed by atoms with E-state index in [1.54, 1.807) is 7.11 Å². The zero-order chi connectivity index (χ0) is 20.8. The van der Waals surface area contributed by atoms with Crippen LogP contribution in [0.15, 0.2) is 46.8 Å². The largest absolute Gasteiger partial charge is 0.495 e. The molecule has 0 radical (unpaired) electrons. The minimum atomic E-state index is -0.0420. The van der Waals surface area contributed by atoms with Crippen LogP contribution in [-0.2, 0) is 4.79 Å². The zero-order valence-corrected chi connectivity index (χ0v) is 18.5. The van der Waals surface area contributed by atoms with Gasteiger partial charge in [-0.25, -0.2) is 0 Å². The highest BCUT2D eigenvalue weighted by Gasteiger charge is 2.13. The molecule has 2 aromatic carbocycles. The monoisotopic (exact) mass is 428 g/mol. The van der Waals surface area contributed by atoms with Crippen LogP contribution in [-0.4, -0.2) is 29.0 Å². The molecule has 0 spiro atoms. The molecular weight excluding hydrogens is 404 g/mol. The van der Waals surface area contributed by atoms with Crippen LogP contribution in [0.25, 0.3) is 0 Å². The molecule has 3 rings (SSSR count). The highest BCUT2D eigenvalue weighted by molar-refractivity contribution is 8.01. The Morgan fingerprint density at radius 2 is 1.97 bits per heavy atom. The summed E-state index contributed by atoms with van der Waals surface area (Å²) in [6.45, 7) is 6.15. The van der Waals surface area contributed by atoms with Crippen molar-refractivity contribution in [3.8, 4) is 5.75 Å². The van der Waals surface area contributed by atoms with Gasteiger partial charge in [-0.3, -0.25) is 4.79 Å². The van der Waals surface area contributed by atoms with Crippen molar-refractivity contribution in [3.63, 3.8) is 0 Å². The molecule has 8 heteroatoms. The van der Waals surface area contributed by atoms with E-state index in [1.165, 1.54) is 34.2 Å². The Kier molecular flexibility index (Phi) is 7.11. The molecule has 0 aliphatic carbocycles. The topological polar surface area (TPSA) is 76.1 Å². The van der Waals surface area contributed by atoms with Gasteiger partial charge in [0.15, 0.2) is 4.34 Å². The van der Waals surface area contributed by atoms with Crippen LogP contribution in [0.5, 0.6) is 5.75 Å². The first kappa shape index (κ1) is 21.1. The lowest BCUT2D eigenvalue weighted by Gasteiger charge is -2.15. The van der Waals surface area contributed by atoms with E-state index in [-0.39, 0.29) is 11.9 Å². The smallest absolute Gasteiger partial charge is 0.230 e. The molecule has 0 aliphatic rings. The maximum Gasteiger partial charge on any atom is 0.230 e. The maximum atomic E-state index is 12.3. The first-order valence-electron chi connectivity index (χ1n) is 9.19. The summed E-state index contributed by atoms with van der Waals surface area (Å²) in [6.07, 6.45) is 0. The van der Waals surface area contributed by atoms with Crippen molar-refractivity contribution in [2.24, 2.45) is 0 Å². The van der Waals surface area contributed by atoms with Crippen molar-refractivity contribution in [1.82, 2.24) is 15.5 Å². The van der Waals surface area contributed by atoms with Gasteiger partial charge in [0.05, 0.1) is 24.6 Å². The quantitative estimate of drug-likeness (QED) is 0.498. The molecular formula is C21H24N4O2S2. The molecule has 6 nitrogen and oxygen atoms in total. The number of nitrogens with one attached hydrogen (secondary N) is 2. The Morgan fingerprint density at radius 3 is 2.72 bits per heavy atom. The van der Waals surface area contributed by atoms with Crippen molar-refractivity contribution in [1.29, 1.82) is 0 Å². The van der Waals surface area contributed by atoms with E-state index in [0.717, 1.165) is 21.3 Å². The molecule has 0 aliphatic heterocycles. The number of thioether (sulfide) groups is 1. The van der Waals surface area contributed by atoms with Crippen LogP contribution in [0.2, 0.25) is 0 Å². The van der Waals surface area contributed by atoms with Gasteiger partial charge < -0.3 is 15.4 Å². The third-order valence-corrected chi connectivity index (χ3v) is 6.46. The van der Waals surface area contributed by atoms with E-state index in [2.05, 4.69) is 52.9 Å². The van der Waals surface area contributed by atoms with E-state index in [9.17, 15) is 4.79 Å². The van der Waals surface area contributed by atoms with Gasteiger partial charge in [-0.15, -0.1) is 10.2 Å². The molecule has 1 aromatic heterocycles. The number of methoxy groups -OCH3 is 1. The van der Waals surface area contributed by atoms with Crippen molar-refractivity contribution in [2.45, 2.75) is 31.2 Å². The Hall–Kier alpha value is -2.58. The van der Waals surface area contributed by atoms with Gasteiger partial charge in [-0.1, -0.05) is 53.4 Å². The fourth-order valence-corrected chi connectivity index (χ4v) is 4.28. The van der Waals surface area contributed by atoms with Crippen molar-refractivity contribution >= 4 is 39.8 Å². The average Bonchev–Trinajstić information content (AvgIpc) is 3.16. The van der Waals surface area contributed by atoms with Gasteiger partial charge in [0.1, 0.15) is 5.75 Å². The lowest BCUT2D eigenvalue weighted by Crippen LogP contribution is -2.28. The molecule has 1 atom stereocenters. The summed E-state index contributed by atoms with van der Waals surface area (Å²) in [5.41, 5.74) is 4.40. The summed E-state index contributed by atoms with van der Waals surface area (Å²) in [5.74, 6) is 0.991. The highest BCUT2D eigenvalue weighted by Crippen LogP contribution is 2.31. The maximum absolute atomic E-state index is 12.3. The van der Waals surface area contributed by atoms with Crippen molar-refractivity contribution in [3.05, 3.63) is 59.2 Å². The number of carbonyl (C=O) groups is 1. The molecule has 0 fully saturated rings. The average molecular weight is 429 g/mol. The van der Waals surface area contributed by atoms with E-state index < -0.39 is 0 Å². The first-order valence-corrected chi connectivity index (χ1v) is 11.0. The SMILES string of the molecule is COc1ccccc1Nc1nnc(SCC(=O)NC(C)c2ccc(C)c(C)c2)s1. The van der Waals surface area contributed by atoms with Gasteiger partial charge in [0, 0.05) is 0 Å². The molecule has 2 N–H and O–H groups in total. The fraction of sp³-hybridized carbons (Fsp3) is 0.286. The number of anilines is 2. The summed E-state index contributed by atoms with van der Waals surface area (Å²) in [7, 11) is 1.62. The van der Waals surface area contributed by atoms with E-state index in [0.29, 0.717) is 10.9 Å². The Balaban J connectivity index is 1.52. The Bertz CT molecular complexity index is 990. The zero-order valence-electron chi connectivity index (χ0n) is 16.9. The van der Waals surface area contributed by atoms with Crippen LogP contribution in [0.1, 0.15) is 29.7 Å². The molecule has 29 heavy (non-hydrogen) atoms. The van der Waals surface area contributed by atoms with Crippen LogP contribution in [0, 0.1) is 13.8 Å². The summed E-state index contributed by atoms with van der Waals surface area (Å²) < 4.78 is 6.06. The number of amides is 1. The van der Waals surface area contributed by atoms with Crippen LogP contribution >= 0.6 is 23.1 Å². The Morgan fingerprint density at radius 1 is 1.17 bits per heavy atom. The van der Waals surface area contributed by atoms with E-state index in [4.69, 9.17) is 4.74 Å². The van der Waals surface area contributed by atoms with Crippen LogP contribution in [0.3, 0.4) is 0 Å². The number of aromatic nitrogens is 2. The first-order chi connectivity index (χ1) is 14.0. The molecule has 3 aromatic rings. The van der Waals surface area contributed by atoms with Crippen LogP contribution < -0.4 is 15.4 Å². The molecule has 1 unspecified atom stereocenters. The number of carbonyl (C=O) groups excluding carboxylic acids is 1. The molecule has 1 amide bonds. The second kappa shape index (κ2) is 9.76. The third-order valence-electron chi connectivity index (χ3n) is 4.49. The minimum Gasteiger partial charge on any atom is -0.495 e. The van der Waals surface area contributed by atoms with Gasteiger partial charge in [0.2, 0.25) is 11.0 Å². The van der Waals surface area contributed by atoms with Gasteiger partial charge >= 0.3 is 0 Å². The summed E-state index contributed by atoms with van der Waals surface area (Å²) in [5, 5.41) is 15.2. The number of nitrogens with zero attached hydrogens (tertiary/aromatic N) is 2. The summed E-state index contributed by atoms with van der Waals surface area (Å²) in [4.78, 5) is 12.3. The molecule has 0 saturated heterocycles. The predicted molar refractivity (Wildman–Crippen MR) is 119 cm³/mol. The van der Waals surface area contributed by atoms with Crippen molar-refractivity contribution in [2.75, 3.05) is 18.2 Å². The summed E-state index contributed by atoms with van der Waals surface area (Å²) >= 11 is 2.78. The number of hydrogen-bond acceptors (Lipinski definition) is 7. The molecule has 1 heterocycles. The standard InChI is InChI=1S/C21H24N4O2S2/c1-13-9-10-16(11-14(13)2)15(3)22-19(26)12-28-21-25-24-20(29-21)23-17-7-5-6-8-18(17)27-4/h5-11,15H,12H2,1-4H3,(H,22,26)(H,23,24). The second-order valence-electron chi connectivity index (χ2n) is 6.62. The van der Waals surface area contributed by atoms with E-state index in [1.807, 2.05) is 31.2 Å². The number of rotatable bonds is 8. The predicted octanol–water partition coefficient (Wildman–Crippen LogP) is 4.88. The number of benzene rings is 2. The van der Waals surface area contributed by atoms with Crippen molar-refractivity contribution < 1.29 is 9.53 Å². The lowest BCUT2D eigenvalue weighted by atomic mass is 10.0. The Labute approximate surface area is 179 Å². The normalized spacial score (nSPS) is 11.7. The number of hydrogen-bond donors (Lipinski definition) is 2. The summed E-state index contributed by atoms with van der Waals surface area (Å²) in [6, 6.07) is 13.8.